The molecule has 0 amide bonds. The molecule has 0 spiro atoms. The van der Waals surface area contributed by atoms with Gasteiger partial charge in [-0.2, -0.15) is 5.10 Å². The van der Waals surface area contributed by atoms with Crippen LogP contribution >= 0.6 is 11.6 Å². The minimum Gasteiger partial charge on any atom is -0.394 e. The van der Waals surface area contributed by atoms with Crippen molar-refractivity contribution in [2.24, 2.45) is 0 Å². The van der Waals surface area contributed by atoms with Gasteiger partial charge in [0.05, 0.1) is 18.8 Å². The normalized spacial score (nSPS) is 11.9. The van der Waals surface area contributed by atoms with Gasteiger partial charge < -0.3 is 10.4 Å². The van der Waals surface area contributed by atoms with E-state index in [1.54, 1.807) is 0 Å². The minimum absolute atomic E-state index is 0.0804. The first kappa shape index (κ1) is 18.0. The van der Waals surface area contributed by atoms with Crippen molar-refractivity contribution in [1.29, 1.82) is 0 Å². The van der Waals surface area contributed by atoms with Crippen LogP contribution in [0.25, 0.3) is 0 Å². The van der Waals surface area contributed by atoms with Gasteiger partial charge in [-0.1, -0.05) is 29.8 Å². The zero-order valence-corrected chi connectivity index (χ0v) is 15.1. The summed E-state index contributed by atoms with van der Waals surface area (Å²) in [7, 11) is 0. The lowest BCUT2D eigenvalue weighted by atomic mass is 9.94. The number of nitrogens with one attached hydrogen (secondary N) is 1. The molecule has 1 aromatic heterocycles. The maximum atomic E-state index is 9.10. The fourth-order valence-electron chi connectivity index (χ4n) is 2.81. The third-order valence-electron chi connectivity index (χ3n) is 4.18. The number of halogens is 1. The molecule has 4 nitrogen and oxygen atoms in total. The van der Waals surface area contributed by atoms with Crippen LogP contribution in [-0.4, -0.2) is 27.0 Å². The molecule has 2 rings (SSSR count). The van der Waals surface area contributed by atoms with E-state index >= 15 is 0 Å². The number of hydrogen-bond donors (Lipinski definition) is 2. The molecular formula is C18H26ClN3O. The maximum absolute atomic E-state index is 9.10. The van der Waals surface area contributed by atoms with E-state index in [-0.39, 0.29) is 12.1 Å². The van der Waals surface area contributed by atoms with E-state index in [9.17, 15) is 0 Å². The fourth-order valence-corrected chi connectivity index (χ4v) is 3.01. The average molecular weight is 336 g/mol. The Labute approximate surface area is 143 Å². The summed E-state index contributed by atoms with van der Waals surface area (Å²) in [5.74, 6) is 0. The van der Waals surface area contributed by atoms with Crippen molar-refractivity contribution < 1.29 is 5.11 Å². The molecule has 0 saturated heterocycles. The SMILES string of the molecule is Cc1nn(CCO)c(C)c1CNC(C)(C)Cc1ccccc1Cl. The number of aromatic nitrogens is 2. The van der Waals surface area contributed by atoms with E-state index in [4.69, 9.17) is 16.7 Å². The molecule has 0 atom stereocenters. The summed E-state index contributed by atoms with van der Waals surface area (Å²) < 4.78 is 1.87. The van der Waals surface area contributed by atoms with Crippen molar-refractivity contribution in [2.75, 3.05) is 6.61 Å². The molecule has 0 bridgehead atoms. The monoisotopic (exact) mass is 335 g/mol. The number of rotatable bonds is 7. The van der Waals surface area contributed by atoms with E-state index in [0.717, 1.165) is 34.9 Å². The van der Waals surface area contributed by atoms with Gasteiger partial charge in [0.1, 0.15) is 0 Å². The van der Waals surface area contributed by atoms with Crippen LogP contribution in [-0.2, 0) is 19.5 Å². The smallest absolute Gasteiger partial charge is 0.0644 e. The van der Waals surface area contributed by atoms with Gasteiger partial charge in [0.15, 0.2) is 0 Å². The van der Waals surface area contributed by atoms with Crippen molar-refractivity contribution in [1.82, 2.24) is 15.1 Å². The van der Waals surface area contributed by atoms with E-state index in [1.807, 2.05) is 36.7 Å². The lowest BCUT2D eigenvalue weighted by Gasteiger charge is -2.27. The topological polar surface area (TPSA) is 50.1 Å². The number of aryl methyl sites for hydroxylation is 1. The summed E-state index contributed by atoms with van der Waals surface area (Å²) in [5.41, 5.74) is 4.39. The highest BCUT2D eigenvalue weighted by molar-refractivity contribution is 6.31. The van der Waals surface area contributed by atoms with Crippen LogP contribution in [0.4, 0.5) is 0 Å². The quantitative estimate of drug-likeness (QED) is 0.816. The van der Waals surface area contributed by atoms with Gasteiger partial charge in [-0.3, -0.25) is 4.68 Å². The molecule has 1 heterocycles. The first-order valence-corrected chi connectivity index (χ1v) is 8.34. The highest BCUT2D eigenvalue weighted by atomic mass is 35.5. The minimum atomic E-state index is -0.0804. The molecule has 0 radical (unpaired) electrons. The maximum Gasteiger partial charge on any atom is 0.0644 e. The lowest BCUT2D eigenvalue weighted by molar-refractivity contribution is 0.267. The summed E-state index contributed by atoms with van der Waals surface area (Å²) in [5, 5.41) is 18.0. The van der Waals surface area contributed by atoms with Crippen molar-refractivity contribution in [3.05, 3.63) is 51.8 Å². The molecular weight excluding hydrogens is 310 g/mol. The molecule has 0 unspecified atom stereocenters. The lowest BCUT2D eigenvalue weighted by Crippen LogP contribution is -2.41. The van der Waals surface area contributed by atoms with E-state index in [0.29, 0.717) is 6.54 Å². The largest absolute Gasteiger partial charge is 0.394 e. The number of hydrogen-bond acceptors (Lipinski definition) is 3. The Morgan fingerprint density at radius 2 is 1.96 bits per heavy atom. The van der Waals surface area contributed by atoms with E-state index in [2.05, 4.69) is 30.3 Å². The number of aliphatic hydroxyl groups is 1. The second-order valence-corrected chi connectivity index (χ2v) is 7.01. The molecule has 5 heteroatoms. The van der Waals surface area contributed by atoms with E-state index < -0.39 is 0 Å². The first-order valence-electron chi connectivity index (χ1n) is 7.96. The summed E-state index contributed by atoms with van der Waals surface area (Å²) in [4.78, 5) is 0. The summed E-state index contributed by atoms with van der Waals surface area (Å²) in [6, 6.07) is 7.97. The van der Waals surface area contributed by atoms with Gasteiger partial charge in [-0.25, -0.2) is 0 Å². The van der Waals surface area contributed by atoms with Crippen LogP contribution in [0, 0.1) is 13.8 Å². The van der Waals surface area contributed by atoms with Crippen LogP contribution in [0.2, 0.25) is 5.02 Å². The van der Waals surface area contributed by atoms with Crippen LogP contribution in [0.15, 0.2) is 24.3 Å². The second kappa shape index (κ2) is 7.47. The van der Waals surface area contributed by atoms with Gasteiger partial charge in [0.2, 0.25) is 0 Å². The van der Waals surface area contributed by atoms with Gasteiger partial charge >= 0.3 is 0 Å². The summed E-state index contributed by atoms with van der Waals surface area (Å²) in [6.45, 7) is 9.81. The molecule has 126 valence electrons. The Bertz CT molecular complexity index is 664. The molecule has 0 aliphatic carbocycles. The van der Waals surface area contributed by atoms with Crippen molar-refractivity contribution in [3.63, 3.8) is 0 Å². The predicted octanol–water partition coefficient (Wildman–Crippen LogP) is 3.26. The van der Waals surface area contributed by atoms with Crippen molar-refractivity contribution in [3.8, 4) is 0 Å². The van der Waals surface area contributed by atoms with Gasteiger partial charge in [0.25, 0.3) is 0 Å². The van der Waals surface area contributed by atoms with Gasteiger partial charge in [-0.05, 0) is 45.7 Å². The van der Waals surface area contributed by atoms with Crippen LogP contribution in [0.3, 0.4) is 0 Å². The molecule has 0 saturated carbocycles. The van der Waals surface area contributed by atoms with Gasteiger partial charge in [0, 0.05) is 28.4 Å². The Hall–Kier alpha value is -1.36. The molecule has 2 N–H and O–H groups in total. The third kappa shape index (κ3) is 4.56. The molecule has 0 aliphatic rings. The number of nitrogens with zero attached hydrogens (tertiary/aromatic N) is 2. The summed E-state index contributed by atoms with van der Waals surface area (Å²) in [6.07, 6.45) is 0.857. The predicted molar refractivity (Wildman–Crippen MR) is 94.9 cm³/mol. The molecule has 0 aliphatic heterocycles. The molecule has 0 fully saturated rings. The van der Waals surface area contributed by atoms with Crippen LogP contribution in [0.5, 0.6) is 0 Å². The highest BCUT2D eigenvalue weighted by Crippen LogP contribution is 2.22. The average Bonchev–Trinajstić information content (AvgIpc) is 2.74. The highest BCUT2D eigenvalue weighted by Gasteiger charge is 2.21. The summed E-state index contributed by atoms with van der Waals surface area (Å²) >= 11 is 6.27. The molecule has 2 aromatic rings. The molecule has 23 heavy (non-hydrogen) atoms. The Morgan fingerprint density at radius 3 is 2.61 bits per heavy atom. The van der Waals surface area contributed by atoms with E-state index in [1.165, 1.54) is 5.56 Å². The van der Waals surface area contributed by atoms with Crippen molar-refractivity contribution in [2.45, 2.75) is 52.7 Å². The number of aliphatic hydroxyl groups excluding tert-OH is 1. The number of benzene rings is 1. The second-order valence-electron chi connectivity index (χ2n) is 6.60. The zero-order chi connectivity index (χ0) is 17.0. The van der Waals surface area contributed by atoms with Crippen LogP contribution < -0.4 is 5.32 Å². The third-order valence-corrected chi connectivity index (χ3v) is 4.55. The Morgan fingerprint density at radius 1 is 1.26 bits per heavy atom. The Balaban J connectivity index is 2.06. The van der Waals surface area contributed by atoms with Crippen LogP contribution in [0.1, 0.15) is 36.4 Å². The van der Waals surface area contributed by atoms with Gasteiger partial charge in [-0.15, -0.1) is 0 Å². The standard InChI is InChI=1S/C18H26ClN3O/c1-13-16(14(2)22(21-13)9-10-23)12-20-18(3,4)11-15-7-5-6-8-17(15)19/h5-8,20,23H,9-12H2,1-4H3. The van der Waals surface area contributed by atoms with Crippen molar-refractivity contribution >= 4 is 11.6 Å². The molecule has 1 aromatic carbocycles. The fraction of sp³-hybridized carbons (Fsp3) is 0.500. The first-order chi connectivity index (χ1) is 10.8. The Kier molecular flexibility index (Phi) is 5.84. The zero-order valence-electron chi connectivity index (χ0n) is 14.4.